The molecule has 0 amide bonds. The van der Waals surface area contributed by atoms with Crippen LogP contribution in [0.1, 0.15) is 19.8 Å². The lowest BCUT2D eigenvalue weighted by Crippen LogP contribution is -2.44. The molecule has 21 heavy (non-hydrogen) atoms. The van der Waals surface area contributed by atoms with Crippen LogP contribution in [0, 0.1) is 0 Å². The van der Waals surface area contributed by atoms with E-state index in [9.17, 15) is 13.2 Å². The fraction of sp³-hybridized carbons (Fsp3) is 0.500. The monoisotopic (exact) mass is 312 g/mol. The molecule has 0 bridgehead atoms. The molecule has 2 rings (SSSR count). The molecule has 2 N–H and O–H groups in total. The van der Waals surface area contributed by atoms with Crippen LogP contribution in [0.2, 0.25) is 0 Å². The molecule has 1 atom stereocenters. The van der Waals surface area contributed by atoms with E-state index in [2.05, 4.69) is 4.72 Å². The quantitative estimate of drug-likeness (QED) is 0.745. The van der Waals surface area contributed by atoms with E-state index >= 15 is 0 Å². The first-order chi connectivity index (χ1) is 9.92. The number of hydrogen-bond acceptors (Lipinski definition) is 4. The topological polar surface area (TPSA) is 86.7 Å². The van der Waals surface area contributed by atoms with Crippen molar-refractivity contribution < 1.29 is 18.3 Å². The van der Waals surface area contributed by atoms with Crippen LogP contribution in [-0.4, -0.2) is 49.6 Å². The van der Waals surface area contributed by atoms with Crippen molar-refractivity contribution in [1.29, 1.82) is 0 Å². The van der Waals surface area contributed by atoms with Crippen molar-refractivity contribution >= 4 is 16.0 Å². The molecule has 1 unspecified atom stereocenters. The molecule has 1 aliphatic rings. The number of hydrogen-bond donors (Lipinski definition) is 2. The van der Waals surface area contributed by atoms with E-state index in [0.717, 1.165) is 12.8 Å². The average molecular weight is 312 g/mol. The summed E-state index contributed by atoms with van der Waals surface area (Å²) in [6.07, 6.45) is 1.95. The Labute approximate surface area is 124 Å². The number of aliphatic carboxylic acids is 1. The summed E-state index contributed by atoms with van der Waals surface area (Å²) in [7, 11) is -3.53. The standard InChI is InChI=1S/C14H20N2O4S/c1-11(14(17)18)16(12-7-8-12)10-9-15-21(19,20)13-5-3-2-4-6-13/h2-6,11-12,15H,7-10H2,1H3,(H,17,18). The van der Waals surface area contributed by atoms with E-state index in [4.69, 9.17) is 5.11 Å². The second-order valence-electron chi connectivity index (χ2n) is 5.19. The number of carboxylic acids is 1. The lowest BCUT2D eigenvalue weighted by atomic mass is 10.2. The van der Waals surface area contributed by atoms with Gasteiger partial charge in [-0.1, -0.05) is 18.2 Å². The molecule has 1 saturated carbocycles. The summed E-state index contributed by atoms with van der Waals surface area (Å²) >= 11 is 0. The van der Waals surface area contributed by atoms with Gasteiger partial charge in [-0.15, -0.1) is 0 Å². The van der Waals surface area contributed by atoms with Crippen molar-refractivity contribution in [2.24, 2.45) is 0 Å². The third-order valence-electron chi connectivity index (χ3n) is 3.59. The molecule has 1 fully saturated rings. The second-order valence-corrected chi connectivity index (χ2v) is 6.96. The Balaban J connectivity index is 1.92. The van der Waals surface area contributed by atoms with Crippen molar-refractivity contribution in [3.8, 4) is 0 Å². The molecule has 0 aromatic heterocycles. The first kappa shape index (κ1) is 15.9. The van der Waals surface area contributed by atoms with Crippen LogP contribution in [0.25, 0.3) is 0 Å². The highest BCUT2D eigenvalue weighted by Gasteiger charge is 2.34. The predicted octanol–water partition coefficient (Wildman–Crippen LogP) is 0.902. The van der Waals surface area contributed by atoms with Crippen LogP contribution in [-0.2, 0) is 14.8 Å². The molecular formula is C14H20N2O4S. The van der Waals surface area contributed by atoms with Crippen molar-refractivity contribution in [3.63, 3.8) is 0 Å². The highest BCUT2D eigenvalue weighted by molar-refractivity contribution is 7.89. The number of nitrogens with one attached hydrogen (secondary N) is 1. The zero-order valence-corrected chi connectivity index (χ0v) is 12.7. The Hall–Kier alpha value is -1.44. The van der Waals surface area contributed by atoms with Crippen LogP contribution in [0.15, 0.2) is 35.2 Å². The maximum Gasteiger partial charge on any atom is 0.320 e. The molecule has 0 saturated heterocycles. The number of carbonyl (C=O) groups is 1. The number of sulfonamides is 1. The second kappa shape index (κ2) is 6.55. The fourth-order valence-corrected chi connectivity index (χ4v) is 3.27. The predicted molar refractivity (Wildman–Crippen MR) is 78.5 cm³/mol. The number of rotatable bonds is 8. The van der Waals surface area contributed by atoms with Crippen LogP contribution in [0.3, 0.4) is 0 Å². The lowest BCUT2D eigenvalue weighted by Gasteiger charge is -2.26. The van der Waals surface area contributed by atoms with Crippen molar-refractivity contribution in [2.75, 3.05) is 13.1 Å². The van der Waals surface area contributed by atoms with Gasteiger partial charge in [0.05, 0.1) is 4.90 Å². The van der Waals surface area contributed by atoms with Crippen molar-refractivity contribution in [3.05, 3.63) is 30.3 Å². The first-order valence-corrected chi connectivity index (χ1v) is 8.43. The molecule has 116 valence electrons. The summed E-state index contributed by atoms with van der Waals surface area (Å²) in [6, 6.07) is 7.80. The molecular weight excluding hydrogens is 292 g/mol. The minimum Gasteiger partial charge on any atom is -0.480 e. The Bertz CT molecular complexity index is 584. The van der Waals surface area contributed by atoms with E-state index in [-0.39, 0.29) is 17.5 Å². The van der Waals surface area contributed by atoms with E-state index in [0.29, 0.717) is 6.54 Å². The smallest absolute Gasteiger partial charge is 0.320 e. The fourth-order valence-electron chi connectivity index (χ4n) is 2.23. The third kappa shape index (κ3) is 4.26. The molecule has 7 heteroatoms. The SMILES string of the molecule is CC(C(=O)O)N(CCNS(=O)(=O)c1ccccc1)C1CC1. The maximum atomic E-state index is 12.1. The van der Waals surface area contributed by atoms with E-state index in [1.165, 1.54) is 12.1 Å². The molecule has 1 aromatic carbocycles. The van der Waals surface area contributed by atoms with Gasteiger partial charge in [-0.25, -0.2) is 13.1 Å². The van der Waals surface area contributed by atoms with Gasteiger partial charge in [0, 0.05) is 19.1 Å². The third-order valence-corrected chi connectivity index (χ3v) is 5.06. The Morgan fingerprint density at radius 1 is 1.38 bits per heavy atom. The van der Waals surface area contributed by atoms with Gasteiger partial charge in [0.15, 0.2) is 0 Å². The molecule has 1 aromatic rings. The molecule has 6 nitrogen and oxygen atoms in total. The van der Waals surface area contributed by atoms with Gasteiger partial charge in [0.25, 0.3) is 0 Å². The molecule has 0 spiro atoms. The van der Waals surface area contributed by atoms with Gasteiger partial charge in [-0.05, 0) is 31.9 Å². The zero-order valence-electron chi connectivity index (χ0n) is 11.9. The summed E-state index contributed by atoms with van der Waals surface area (Å²) in [5.74, 6) is -0.882. The van der Waals surface area contributed by atoms with E-state index in [1.807, 2.05) is 4.90 Å². The van der Waals surface area contributed by atoms with Gasteiger partial charge in [0.2, 0.25) is 10.0 Å². The minimum absolute atomic E-state index is 0.200. The highest BCUT2D eigenvalue weighted by Crippen LogP contribution is 2.28. The summed E-state index contributed by atoms with van der Waals surface area (Å²) in [5, 5.41) is 9.09. The number of carboxylic acid groups (broad SMARTS) is 1. The van der Waals surface area contributed by atoms with Crippen molar-refractivity contribution in [2.45, 2.75) is 36.7 Å². The normalized spacial score (nSPS) is 16.9. The maximum absolute atomic E-state index is 12.1. The summed E-state index contributed by atoms with van der Waals surface area (Å²) in [4.78, 5) is 13.1. The van der Waals surface area contributed by atoms with E-state index < -0.39 is 22.0 Å². The highest BCUT2D eigenvalue weighted by atomic mass is 32.2. The Morgan fingerprint density at radius 2 is 2.00 bits per heavy atom. The molecule has 0 aliphatic heterocycles. The van der Waals surface area contributed by atoms with Crippen LogP contribution < -0.4 is 4.72 Å². The van der Waals surface area contributed by atoms with Crippen LogP contribution >= 0.6 is 0 Å². The zero-order chi connectivity index (χ0) is 15.5. The van der Waals surface area contributed by atoms with Crippen LogP contribution in [0.5, 0.6) is 0 Å². The summed E-state index contributed by atoms with van der Waals surface area (Å²) in [5.41, 5.74) is 0. The average Bonchev–Trinajstić information content (AvgIpc) is 3.28. The van der Waals surface area contributed by atoms with Gasteiger partial charge >= 0.3 is 5.97 Å². The Kier molecular flexibility index (Phi) is 4.97. The van der Waals surface area contributed by atoms with Crippen LogP contribution in [0.4, 0.5) is 0 Å². The number of nitrogens with zero attached hydrogens (tertiary/aromatic N) is 1. The summed E-state index contributed by atoms with van der Waals surface area (Å²) in [6.45, 7) is 2.22. The van der Waals surface area contributed by atoms with Gasteiger partial charge in [-0.2, -0.15) is 0 Å². The number of benzene rings is 1. The molecule has 0 heterocycles. The molecule has 0 radical (unpaired) electrons. The van der Waals surface area contributed by atoms with Gasteiger partial charge in [0.1, 0.15) is 6.04 Å². The Morgan fingerprint density at radius 3 is 2.52 bits per heavy atom. The van der Waals surface area contributed by atoms with Gasteiger partial charge in [-0.3, -0.25) is 9.69 Å². The molecule has 1 aliphatic carbocycles. The lowest BCUT2D eigenvalue weighted by molar-refractivity contribution is -0.142. The van der Waals surface area contributed by atoms with Gasteiger partial charge < -0.3 is 5.11 Å². The summed E-state index contributed by atoms with van der Waals surface area (Å²) < 4.78 is 26.6. The largest absolute Gasteiger partial charge is 0.480 e. The van der Waals surface area contributed by atoms with Crippen molar-refractivity contribution in [1.82, 2.24) is 9.62 Å². The minimum atomic E-state index is -3.53. The van der Waals surface area contributed by atoms with E-state index in [1.54, 1.807) is 25.1 Å². The first-order valence-electron chi connectivity index (χ1n) is 6.95.